The molecule has 0 unspecified atom stereocenters. The van der Waals surface area contributed by atoms with Crippen LogP contribution in [-0.4, -0.2) is 25.1 Å². The number of amides is 1. The first-order chi connectivity index (χ1) is 13.6. The highest BCUT2D eigenvalue weighted by Gasteiger charge is 2.16. The average Bonchev–Trinajstić information content (AvgIpc) is 3.34. The lowest BCUT2D eigenvalue weighted by Crippen LogP contribution is -2.10. The van der Waals surface area contributed by atoms with Gasteiger partial charge < -0.3 is 13.9 Å². The molecule has 0 fully saturated rings. The summed E-state index contributed by atoms with van der Waals surface area (Å²) in [5.41, 5.74) is 3.27. The zero-order chi connectivity index (χ0) is 19.7. The van der Waals surface area contributed by atoms with E-state index < -0.39 is 0 Å². The Morgan fingerprint density at radius 3 is 2.75 bits per heavy atom. The molecule has 0 radical (unpaired) electrons. The molecule has 28 heavy (non-hydrogen) atoms. The van der Waals surface area contributed by atoms with Gasteiger partial charge in [0.1, 0.15) is 17.1 Å². The van der Waals surface area contributed by atoms with Crippen molar-refractivity contribution >= 4 is 33.3 Å². The SMILES string of the molecule is COc1ccc(OC)c(-c2csc(NC(=O)c3cc4cc(C)ccc4o3)n2)c1. The maximum atomic E-state index is 12.6. The fraction of sp³-hybridized carbons (Fsp3) is 0.143. The summed E-state index contributed by atoms with van der Waals surface area (Å²) in [6.07, 6.45) is 0. The number of furan rings is 1. The molecule has 6 nitrogen and oxygen atoms in total. The monoisotopic (exact) mass is 394 g/mol. The van der Waals surface area contributed by atoms with Crippen LogP contribution in [0.3, 0.4) is 0 Å². The highest BCUT2D eigenvalue weighted by molar-refractivity contribution is 7.14. The van der Waals surface area contributed by atoms with Crippen LogP contribution < -0.4 is 14.8 Å². The first-order valence-electron chi connectivity index (χ1n) is 8.57. The molecule has 4 aromatic rings. The van der Waals surface area contributed by atoms with Crippen molar-refractivity contribution in [2.45, 2.75) is 6.92 Å². The van der Waals surface area contributed by atoms with Gasteiger partial charge in [-0.2, -0.15) is 0 Å². The van der Waals surface area contributed by atoms with Crippen molar-refractivity contribution in [1.29, 1.82) is 0 Å². The number of anilines is 1. The number of aryl methyl sites for hydroxylation is 1. The normalized spacial score (nSPS) is 10.8. The molecule has 0 aliphatic heterocycles. The number of methoxy groups -OCH3 is 2. The Kier molecular flexibility index (Phi) is 4.75. The summed E-state index contributed by atoms with van der Waals surface area (Å²) in [6.45, 7) is 2.00. The highest BCUT2D eigenvalue weighted by atomic mass is 32.1. The molecule has 0 atom stereocenters. The quantitative estimate of drug-likeness (QED) is 0.508. The van der Waals surface area contributed by atoms with E-state index in [1.54, 1.807) is 20.3 Å². The number of carbonyl (C=O) groups is 1. The number of rotatable bonds is 5. The summed E-state index contributed by atoms with van der Waals surface area (Å²) in [4.78, 5) is 17.1. The lowest BCUT2D eigenvalue weighted by atomic mass is 10.1. The molecule has 0 spiro atoms. The van der Waals surface area contributed by atoms with Crippen molar-refractivity contribution in [3.05, 3.63) is 59.2 Å². The third kappa shape index (κ3) is 3.44. The predicted molar refractivity (Wildman–Crippen MR) is 110 cm³/mol. The summed E-state index contributed by atoms with van der Waals surface area (Å²) >= 11 is 1.33. The van der Waals surface area contributed by atoms with E-state index in [9.17, 15) is 4.79 Å². The zero-order valence-electron chi connectivity index (χ0n) is 15.6. The van der Waals surface area contributed by atoms with Gasteiger partial charge in [0.05, 0.1) is 19.9 Å². The topological polar surface area (TPSA) is 73.6 Å². The number of nitrogens with zero attached hydrogens (tertiary/aromatic N) is 1. The van der Waals surface area contributed by atoms with Crippen molar-refractivity contribution < 1.29 is 18.7 Å². The van der Waals surface area contributed by atoms with Gasteiger partial charge >= 0.3 is 0 Å². The Morgan fingerprint density at radius 2 is 1.96 bits per heavy atom. The Balaban J connectivity index is 1.58. The Morgan fingerprint density at radius 1 is 1.11 bits per heavy atom. The molecule has 0 bridgehead atoms. The van der Waals surface area contributed by atoms with Gasteiger partial charge in [0.25, 0.3) is 5.91 Å². The lowest BCUT2D eigenvalue weighted by Gasteiger charge is -2.08. The van der Waals surface area contributed by atoms with E-state index in [-0.39, 0.29) is 11.7 Å². The van der Waals surface area contributed by atoms with Crippen LogP contribution in [0.5, 0.6) is 11.5 Å². The number of carbonyl (C=O) groups excluding carboxylic acids is 1. The second-order valence-electron chi connectivity index (χ2n) is 6.21. The molecule has 142 valence electrons. The highest BCUT2D eigenvalue weighted by Crippen LogP contribution is 2.35. The van der Waals surface area contributed by atoms with Gasteiger partial charge in [-0.25, -0.2) is 4.98 Å². The van der Waals surface area contributed by atoms with E-state index in [1.165, 1.54) is 11.3 Å². The second-order valence-corrected chi connectivity index (χ2v) is 7.07. The fourth-order valence-corrected chi connectivity index (χ4v) is 3.61. The van der Waals surface area contributed by atoms with E-state index in [1.807, 2.05) is 48.7 Å². The smallest absolute Gasteiger partial charge is 0.293 e. The maximum Gasteiger partial charge on any atom is 0.293 e. The number of benzene rings is 2. The first-order valence-corrected chi connectivity index (χ1v) is 9.45. The van der Waals surface area contributed by atoms with E-state index in [4.69, 9.17) is 13.9 Å². The van der Waals surface area contributed by atoms with Gasteiger partial charge in [0, 0.05) is 16.3 Å². The molecule has 0 saturated heterocycles. The maximum absolute atomic E-state index is 12.6. The molecule has 2 aromatic carbocycles. The van der Waals surface area contributed by atoms with Gasteiger partial charge in [-0.3, -0.25) is 10.1 Å². The van der Waals surface area contributed by atoms with Crippen LogP contribution >= 0.6 is 11.3 Å². The second kappa shape index (κ2) is 7.36. The minimum atomic E-state index is -0.340. The molecule has 1 N–H and O–H groups in total. The third-order valence-corrected chi connectivity index (χ3v) is 5.06. The van der Waals surface area contributed by atoms with Crippen LogP contribution in [0, 0.1) is 6.92 Å². The number of nitrogens with one attached hydrogen (secondary N) is 1. The first kappa shape index (κ1) is 18.1. The fourth-order valence-electron chi connectivity index (χ4n) is 2.90. The third-order valence-electron chi connectivity index (χ3n) is 4.30. The molecule has 1 amide bonds. The number of aromatic nitrogens is 1. The molecule has 2 aromatic heterocycles. The zero-order valence-corrected chi connectivity index (χ0v) is 16.4. The molecule has 0 saturated carbocycles. The molecular weight excluding hydrogens is 376 g/mol. The molecule has 7 heteroatoms. The summed E-state index contributed by atoms with van der Waals surface area (Å²) < 4.78 is 16.3. The van der Waals surface area contributed by atoms with Gasteiger partial charge in [-0.1, -0.05) is 11.6 Å². The molecule has 0 aliphatic rings. The van der Waals surface area contributed by atoms with Gasteiger partial charge in [-0.05, 0) is 43.3 Å². The van der Waals surface area contributed by atoms with E-state index >= 15 is 0 Å². The van der Waals surface area contributed by atoms with Crippen molar-refractivity contribution in [3.8, 4) is 22.8 Å². The molecule has 2 heterocycles. The van der Waals surface area contributed by atoms with Crippen molar-refractivity contribution in [2.24, 2.45) is 0 Å². The predicted octanol–water partition coefficient (Wildman–Crippen LogP) is 5.13. The van der Waals surface area contributed by atoms with Crippen LogP contribution in [-0.2, 0) is 0 Å². The van der Waals surface area contributed by atoms with E-state index in [0.717, 1.165) is 16.5 Å². The van der Waals surface area contributed by atoms with Gasteiger partial charge in [0.15, 0.2) is 10.9 Å². The van der Waals surface area contributed by atoms with Crippen LogP contribution in [0.25, 0.3) is 22.2 Å². The Labute approximate surface area is 165 Å². The summed E-state index contributed by atoms with van der Waals surface area (Å²) in [7, 11) is 3.21. The standard InChI is InChI=1S/C21H18N2O4S/c1-12-4-6-17-13(8-12)9-19(27-17)20(24)23-21-22-16(11-28-21)15-10-14(25-2)5-7-18(15)26-3/h4-11H,1-3H3,(H,22,23,24). The van der Waals surface area contributed by atoms with Crippen molar-refractivity contribution in [3.63, 3.8) is 0 Å². The van der Waals surface area contributed by atoms with Crippen LogP contribution in [0.4, 0.5) is 5.13 Å². The number of thiazole rings is 1. The summed E-state index contributed by atoms with van der Waals surface area (Å²) in [5, 5.41) is 6.02. The lowest BCUT2D eigenvalue weighted by molar-refractivity contribution is 0.0998. The van der Waals surface area contributed by atoms with Crippen LogP contribution in [0.2, 0.25) is 0 Å². The number of ether oxygens (including phenoxy) is 2. The van der Waals surface area contributed by atoms with Gasteiger partial charge in [-0.15, -0.1) is 11.3 Å². The molecular formula is C21H18N2O4S. The largest absolute Gasteiger partial charge is 0.497 e. The van der Waals surface area contributed by atoms with Crippen molar-refractivity contribution in [2.75, 3.05) is 19.5 Å². The molecule has 0 aliphatic carbocycles. The Bertz CT molecular complexity index is 1160. The van der Waals surface area contributed by atoms with E-state index in [2.05, 4.69) is 10.3 Å². The summed E-state index contributed by atoms with van der Waals surface area (Å²) in [6, 6.07) is 13.0. The van der Waals surface area contributed by atoms with Gasteiger partial charge in [0.2, 0.25) is 0 Å². The minimum absolute atomic E-state index is 0.247. The van der Waals surface area contributed by atoms with Crippen molar-refractivity contribution in [1.82, 2.24) is 4.98 Å². The molecule has 4 rings (SSSR count). The number of hydrogen-bond acceptors (Lipinski definition) is 6. The number of fused-ring (bicyclic) bond motifs is 1. The van der Waals surface area contributed by atoms with E-state index in [0.29, 0.717) is 27.9 Å². The summed E-state index contributed by atoms with van der Waals surface area (Å²) in [5.74, 6) is 1.28. The number of hydrogen-bond donors (Lipinski definition) is 1. The average molecular weight is 394 g/mol. The van der Waals surface area contributed by atoms with Crippen LogP contribution in [0.1, 0.15) is 16.1 Å². The minimum Gasteiger partial charge on any atom is -0.497 e. The van der Waals surface area contributed by atoms with Crippen LogP contribution in [0.15, 0.2) is 52.3 Å². The Hall–Kier alpha value is -3.32.